The van der Waals surface area contributed by atoms with Crippen LogP contribution in [-0.4, -0.2) is 35.0 Å². The third kappa shape index (κ3) is 3.16. The summed E-state index contributed by atoms with van der Waals surface area (Å²) < 4.78 is 28.8. The van der Waals surface area contributed by atoms with Crippen LogP contribution in [-0.2, 0) is 14.8 Å². The first kappa shape index (κ1) is 19.9. The highest BCUT2D eigenvalue weighted by atomic mass is 32.2. The minimum absolute atomic E-state index is 0.0505. The van der Waals surface area contributed by atoms with Crippen molar-refractivity contribution in [3.63, 3.8) is 0 Å². The van der Waals surface area contributed by atoms with Crippen LogP contribution in [0.5, 0.6) is 0 Å². The molecule has 0 radical (unpaired) electrons. The zero-order chi connectivity index (χ0) is 21.8. The Hall–Kier alpha value is -3.01. The van der Waals surface area contributed by atoms with Gasteiger partial charge in [0.05, 0.1) is 15.9 Å². The van der Waals surface area contributed by atoms with E-state index in [4.69, 9.17) is 0 Å². The van der Waals surface area contributed by atoms with Crippen molar-refractivity contribution in [2.45, 2.75) is 22.6 Å². The van der Waals surface area contributed by atoms with Crippen LogP contribution in [0.1, 0.15) is 18.4 Å². The average Bonchev–Trinajstić information content (AvgIpc) is 3.16. The summed E-state index contributed by atoms with van der Waals surface area (Å²) in [4.78, 5) is 20.5. The van der Waals surface area contributed by atoms with Gasteiger partial charge in [0.2, 0.25) is 0 Å². The zero-order valence-electron chi connectivity index (χ0n) is 16.4. The second kappa shape index (κ2) is 7.01. The van der Waals surface area contributed by atoms with Crippen molar-refractivity contribution >= 4 is 38.4 Å². The van der Waals surface area contributed by atoms with E-state index >= 15 is 0 Å². The molecule has 3 N–H and O–H groups in total. The number of benzene rings is 2. The van der Waals surface area contributed by atoms with E-state index in [9.17, 15) is 18.3 Å². The number of fused-ring (bicyclic) bond motifs is 1. The van der Waals surface area contributed by atoms with E-state index in [1.807, 2.05) is 54.6 Å². The highest BCUT2D eigenvalue weighted by molar-refractivity contribution is 7.91. The first-order valence-electron chi connectivity index (χ1n) is 9.70. The van der Waals surface area contributed by atoms with Gasteiger partial charge in [0.15, 0.2) is 0 Å². The zero-order valence-corrected chi connectivity index (χ0v) is 18.1. The van der Waals surface area contributed by atoms with Crippen molar-refractivity contribution in [3.8, 4) is 10.7 Å². The number of aliphatic carboxylic acids is 1. The molecule has 5 rings (SSSR count). The van der Waals surface area contributed by atoms with E-state index < -0.39 is 27.4 Å². The lowest BCUT2D eigenvalue weighted by molar-refractivity contribution is -0.140. The summed E-state index contributed by atoms with van der Waals surface area (Å²) >= 11 is 1.05. The van der Waals surface area contributed by atoms with Crippen LogP contribution in [0.25, 0.3) is 21.7 Å². The fourth-order valence-electron chi connectivity index (χ4n) is 4.23. The van der Waals surface area contributed by atoms with Crippen molar-refractivity contribution in [1.29, 1.82) is 0 Å². The van der Waals surface area contributed by atoms with Gasteiger partial charge >= 0.3 is 5.97 Å². The Morgan fingerprint density at radius 2 is 1.81 bits per heavy atom. The summed E-state index contributed by atoms with van der Waals surface area (Å²) in [5, 5.41) is 9.94. The van der Waals surface area contributed by atoms with Crippen LogP contribution in [0, 0.1) is 5.92 Å². The molecule has 0 amide bonds. The van der Waals surface area contributed by atoms with Crippen LogP contribution in [0.4, 0.5) is 0 Å². The second-order valence-corrected chi connectivity index (χ2v) is 10.7. The third-order valence-corrected chi connectivity index (χ3v) is 8.95. The van der Waals surface area contributed by atoms with Crippen LogP contribution in [0.15, 0.2) is 70.9 Å². The molecule has 7 nitrogen and oxygen atoms in total. The predicted octanol–water partition coefficient (Wildman–Crippen LogP) is 3.83. The highest BCUT2D eigenvalue weighted by Gasteiger charge is 2.70. The Balaban J connectivity index is 1.46. The first-order chi connectivity index (χ1) is 14.8. The Kier molecular flexibility index (Phi) is 4.51. The molecule has 158 valence electrons. The van der Waals surface area contributed by atoms with E-state index in [2.05, 4.69) is 14.7 Å². The minimum atomic E-state index is -4.05. The molecule has 0 aliphatic heterocycles. The van der Waals surface area contributed by atoms with Gasteiger partial charge in [0, 0.05) is 5.92 Å². The largest absolute Gasteiger partial charge is 0.480 e. The van der Waals surface area contributed by atoms with E-state index in [1.54, 1.807) is 13.0 Å². The molecular formula is C22H19N3O4S2. The SMILES string of the molecule is C[C@@H]1[C@H](c2ccccc2)[C@]1(NS(=O)(=O)c1ccc(-c2nc3ccccc3[nH]2)s1)C(=O)O. The second-order valence-electron chi connectivity index (χ2n) is 7.68. The number of H-pyrrole nitrogens is 1. The normalized spacial score (nSPS) is 23.1. The number of aromatic nitrogens is 2. The van der Waals surface area contributed by atoms with E-state index in [-0.39, 0.29) is 10.1 Å². The van der Waals surface area contributed by atoms with Crippen LogP contribution < -0.4 is 4.72 Å². The van der Waals surface area contributed by atoms with Crippen LogP contribution in [0.2, 0.25) is 0 Å². The number of hydrogen-bond donors (Lipinski definition) is 3. The molecule has 31 heavy (non-hydrogen) atoms. The molecule has 0 bridgehead atoms. The Labute approximate surface area is 182 Å². The summed E-state index contributed by atoms with van der Waals surface area (Å²) in [6.45, 7) is 1.75. The number of para-hydroxylation sites is 2. The monoisotopic (exact) mass is 453 g/mol. The van der Waals surface area contributed by atoms with Gasteiger partial charge < -0.3 is 10.1 Å². The molecule has 3 atom stereocenters. The lowest BCUT2D eigenvalue weighted by Crippen LogP contribution is -2.45. The van der Waals surface area contributed by atoms with E-state index in [0.29, 0.717) is 10.7 Å². The van der Waals surface area contributed by atoms with E-state index in [0.717, 1.165) is 27.9 Å². The Bertz CT molecular complexity index is 1360. The topological polar surface area (TPSA) is 112 Å². The first-order valence-corrected chi connectivity index (χ1v) is 12.0. The molecular weight excluding hydrogens is 434 g/mol. The standard InChI is InChI=1S/C22H19N3O4S2/c1-13-19(14-7-3-2-4-8-14)22(13,21(26)27)25-31(28,29)18-12-11-17(30-18)20-23-15-9-5-6-10-16(15)24-20/h2-13,19,25H,1H3,(H,23,24)(H,26,27)/t13-,19-,22+/m1/s1. The molecule has 1 saturated carbocycles. The number of nitrogens with zero attached hydrogens (tertiary/aromatic N) is 1. The molecule has 2 aromatic carbocycles. The molecule has 1 aliphatic rings. The number of carbonyl (C=O) groups is 1. The number of sulfonamides is 1. The predicted molar refractivity (Wildman–Crippen MR) is 118 cm³/mol. The number of rotatable bonds is 6. The number of nitrogens with one attached hydrogen (secondary N) is 2. The van der Waals surface area contributed by atoms with Gasteiger partial charge in [-0.25, -0.2) is 13.4 Å². The van der Waals surface area contributed by atoms with Crippen molar-refractivity contribution in [3.05, 3.63) is 72.3 Å². The smallest absolute Gasteiger partial charge is 0.325 e. The van der Waals surface area contributed by atoms with Gasteiger partial charge in [-0.15, -0.1) is 11.3 Å². The quantitative estimate of drug-likeness (QED) is 0.411. The lowest BCUT2D eigenvalue weighted by Gasteiger charge is -2.15. The van der Waals surface area contributed by atoms with Crippen molar-refractivity contribution in [2.24, 2.45) is 5.92 Å². The minimum Gasteiger partial charge on any atom is -0.480 e. The summed E-state index contributed by atoms with van der Waals surface area (Å²) in [5.41, 5.74) is 0.879. The van der Waals surface area contributed by atoms with Crippen LogP contribution in [0.3, 0.4) is 0 Å². The average molecular weight is 454 g/mol. The molecule has 4 aromatic rings. The molecule has 0 unspecified atom stereocenters. The Morgan fingerprint density at radius 1 is 1.10 bits per heavy atom. The third-order valence-electron chi connectivity index (χ3n) is 5.88. The van der Waals surface area contributed by atoms with Gasteiger partial charge in [0.25, 0.3) is 10.0 Å². The maximum absolute atomic E-state index is 13.1. The van der Waals surface area contributed by atoms with Gasteiger partial charge in [-0.2, -0.15) is 4.72 Å². The number of carboxylic acid groups (broad SMARTS) is 1. The van der Waals surface area contributed by atoms with E-state index in [1.165, 1.54) is 6.07 Å². The van der Waals surface area contributed by atoms with Crippen molar-refractivity contribution < 1.29 is 18.3 Å². The van der Waals surface area contributed by atoms with Gasteiger partial charge in [0.1, 0.15) is 15.6 Å². The molecule has 0 spiro atoms. The summed E-state index contributed by atoms with van der Waals surface area (Å²) in [6.07, 6.45) is 0. The van der Waals surface area contributed by atoms with Gasteiger partial charge in [-0.1, -0.05) is 49.4 Å². The maximum Gasteiger partial charge on any atom is 0.325 e. The van der Waals surface area contributed by atoms with Crippen molar-refractivity contribution in [2.75, 3.05) is 0 Å². The molecule has 9 heteroatoms. The molecule has 2 heterocycles. The van der Waals surface area contributed by atoms with Gasteiger partial charge in [-0.3, -0.25) is 4.79 Å². The van der Waals surface area contributed by atoms with Crippen molar-refractivity contribution in [1.82, 2.24) is 14.7 Å². The molecule has 1 fully saturated rings. The number of hydrogen-bond acceptors (Lipinski definition) is 5. The summed E-state index contributed by atoms with van der Waals surface area (Å²) in [6, 6.07) is 19.8. The summed E-state index contributed by atoms with van der Waals surface area (Å²) in [5.74, 6) is -1.41. The molecule has 0 saturated heterocycles. The fourth-order valence-corrected chi connectivity index (χ4v) is 6.94. The van der Waals surface area contributed by atoms with Crippen LogP contribution >= 0.6 is 11.3 Å². The van der Waals surface area contributed by atoms with Gasteiger partial charge in [-0.05, 0) is 35.7 Å². The molecule has 2 aromatic heterocycles. The number of aromatic amines is 1. The summed E-state index contributed by atoms with van der Waals surface area (Å²) in [7, 11) is -4.05. The number of imidazole rings is 1. The lowest BCUT2D eigenvalue weighted by atomic mass is 10.1. The Morgan fingerprint density at radius 3 is 2.52 bits per heavy atom. The number of thiophene rings is 1. The molecule has 1 aliphatic carbocycles. The highest BCUT2D eigenvalue weighted by Crippen LogP contribution is 2.58. The maximum atomic E-state index is 13.1. The fraction of sp³-hybridized carbons (Fsp3) is 0.182. The number of carboxylic acids is 1.